The van der Waals surface area contributed by atoms with Gasteiger partial charge in [0, 0.05) is 43.8 Å². The van der Waals surface area contributed by atoms with Gasteiger partial charge in [-0.2, -0.15) is 9.36 Å². The van der Waals surface area contributed by atoms with Crippen LogP contribution in [-0.4, -0.2) is 59.1 Å². The second kappa shape index (κ2) is 7.23. The van der Waals surface area contributed by atoms with E-state index in [9.17, 15) is 4.79 Å². The van der Waals surface area contributed by atoms with E-state index < -0.39 is 0 Å². The molecule has 2 heterocycles. The Bertz CT molecular complexity index is 493. The fourth-order valence-corrected chi connectivity index (χ4v) is 3.72. The van der Waals surface area contributed by atoms with Crippen molar-refractivity contribution in [2.24, 2.45) is 0 Å². The van der Waals surface area contributed by atoms with Crippen molar-refractivity contribution < 1.29 is 4.79 Å². The number of carbonyl (C=O) groups is 1. The Morgan fingerprint density at radius 2 is 2.00 bits per heavy atom. The van der Waals surface area contributed by atoms with Crippen LogP contribution in [0.2, 0.25) is 0 Å². The summed E-state index contributed by atoms with van der Waals surface area (Å²) in [6.45, 7) is 7.33. The van der Waals surface area contributed by atoms with Gasteiger partial charge in [-0.3, -0.25) is 5.32 Å². The van der Waals surface area contributed by atoms with Gasteiger partial charge in [0.05, 0.1) is 0 Å². The fourth-order valence-electron chi connectivity index (χ4n) is 3.04. The van der Waals surface area contributed by atoms with Crippen LogP contribution >= 0.6 is 11.5 Å². The largest absolute Gasteiger partial charge is 0.344 e. The molecule has 0 unspecified atom stereocenters. The molecule has 1 saturated carbocycles. The Labute approximate surface area is 135 Å². The number of anilines is 2. The maximum absolute atomic E-state index is 11.9. The summed E-state index contributed by atoms with van der Waals surface area (Å²) in [5, 5.41) is 6.63. The summed E-state index contributed by atoms with van der Waals surface area (Å²) in [5.41, 5.74) is 0. The topological polar surface area (TPSA) is 73.4 Å². The maximum Gasteiger partial charge on any atom is 0.321 e. The number of hydrogen-bond donors (Lipinski definition) is 2. The van der Waals surface area contributed by atoms with E-state index in [1.807, 2.05) is 0 Å². The minimum atomic E-state index is -0.188. The Balaban J connectivity index is 1.49. The molecule has 1 aromatic rings. The summed E-state index contributed by atoms with van der Waals surface area (Å²) in [7, 11) is 0. The first-order chi connectivity index (χ1) is 10.7. The van der Waals surface area contributed by atoms with Gasteiger partial charge >= 0.3 is 6.03 Å². The van der Waals surface area contributed by atoms with Crippen LogP contribution in [0.3, 0.4) is 0 Å². The predicted octanol–water partition coefficient (Wildman–Crippen LogP) is 1.74. The van der Waals surface area contributed by atoms with Gasteiger partial charge in [-0.05, 0) is 19.4 Å². The number of amides is 2. The Kier molecular flexibility index (Phi) is 5.09. The van der Waals surface area contributed by atoms with Crippen molar-refractivity contribution in [1.29, 1.82) is 0 Å². The summed E-state index contributed by atoms with van der Waals surface area (Å²) in [6.07, 6.45) is 4.55. The molecule has 0 radical (unpaired) electrons. The van der Waals surface area contributed by atoms with Gasteiger partial charge in [-0.15, -0.1) is 0 Å². The minimum Gasteiger partial charge on any atom is -0.344 e. The molecular weight excluding hydrogens is 300 g/mol. The highest BCUT2D eigenvalue weighted by atomic mass is 32.1. The molecule has 2 amide bonds. The van der Waals surface area contributed by atoms with Crippen molar-refractivity contribution in [1.82, 2.24) is 19.6 Å². The van der Waals surface area contributed by atoms with Gasteiger partial charge in [0.15, 0.2) is 0 Å². The summed E-state index contributed by atoms with van der Waals surface area (Å²) in [4.78, 5) is 21.0. The molecule has 2 aliphatic rings. The number of aromatic nitrogens is 2. The highest BCUT2D eigenvalue weighted by Crippen LogP contribution is 2.21. The number of nitrogens with one attached hydrogen (secondary N) is 2. The standard InChI is InChI=1S/C14H24N6OS/c1-2-19-7-9-20(10-8-19)14-17-12(18-22-14)16-13(21)15-11-5-3-4-6-11/h11H,2-10H2,1H3,(H2,15,16,18,21). The third-order valence-electron chi connectivity index (χ3n) is 4.42. The molecule has 7 nitrogen and oxygen atoms in total. The first-order valence-corrected chi connectivity index (χ1v) is 8.90. The molecule has 0 bridgehead atoms. The Hall–Kier alpha value is -1.41. The van der Waals surface area contributed by atoms with Crippen LogP contribution in [0, 0.1) is 0 Å². The van der Waals surface area contributed by atoms with Crippen LogP contribution < -0.4 is 15.5 Å². The van der Waals surface area contributed by atoms with Crippen LogP contribution in [0.1, 0.15) is 32.6 Å². The van der Waals surface area contributed by atoms with Crippen molar-refractivity contribution in [3.05, 3.63) is 0 Å². The molecule has 0 aromatic carbocycles. The Morgan fingerprint density at radius 3 is 2.68 bits per heavy atom. The van der Waals surface area contributed by atoms with E-state index in [1.165, 1.54) is 24.4 Å². The molecule has 0 atom stereocenters. The highest BCUT2D eigenvalue weighted by Gasteiger charge is 2.21. The summed E-state index contributed by atoms with van der Waals surface area (Å²) >= 11 is 1.35. The van der Waals surface area contributed by atoms with Gasteiger partial charge < -0.3 is 15.1 Å². The average Bonchev–Trinajstić information content (AvgIpc) is 3.19. The molecule has 1 aliphatic heterocycles. The van der Waals surface area contributed by atoms with E-state index in [0.717, 1.165) is 50.7 Å². The second-order valence-corrected chi connectivity index (χ2v) is 6.63. The van der Waals surface area contributed by atoms with Crippen molar-refractivity contribution >= 4 is 28.6 Å². The molecule has 1 aromatic heterocycles. The van der Waals surface area contributed by atoms with E-state index in [2.05, 4.69) is 36.7 Å². The lowest BCUT2D eigenvalue weighted by atomic mass is 10.3. The zero-order valence-corrected chi connectivity index (χ0v) is 13.9. The quantitative estimate of drug-likeness (QED) is 0.882. The van der Waals surface area contributed by atoms with Crippen molar-refractivity contribution in [3.63, 3.8) is 0 Å². The SMILES string of the molecule is CCN1CCN(c2nc(NC(=O)NC3CCCC3)ns2)CC1. The smallest absolute Gasteiger partial charge is 0.321 e. The molecule has 2 fully saturated rings. The number of hydrogen-bond acceptors (Lipinski definition) is 6. The lowest BCUT2D eigenvalue weighted by Gasteiger charge is -2.33. The van der Waals surface area contributed by atoms with E-state index in [1.54, 1.807) is 0 Å². The number of carbonyl (C=O) groups excluding carboxylic acids is 1. The molecule has 1 aliphatic carbocycles. The number of nitrogens with zero attached hydrogens (tertiary/aromatic N) is 4. The molecule has 8 heteroatoms. The van der Waals surface area contributed by atoms with Crippen LogP contribution in [0.5, 0.6) is 0 Å². The normalized spacial score (nSPS) is 20.3. The lowest BCUT2D eigenvalue weighted by molar-refractivity contribution is 0.248. The third-order valence-corrected chi connectivity index (χ3v) is 5.20. The van der Waals surface area contributed by atoms with Crippen molar-refractivity contribution in [3.8, 4) is 0 Å². The number of urea groups is 1. The van der Waals surface area contributed by atoms with Crippen molar-refractivity contribution in [2.75, 3.05) is 42.9 Å². The van der Waals surface area contributed by atoms with Crippen LogP contribution in [0.25, 0.3) is 0 Å². The molecule has 22 heavy (non-hydrogen) atoms. The number of rotatable bonds is 4. The Morgan fingerprint density at radius 1 is 1.27 bits per heavy atom. The van der Waals surface area contributed by atoms with Crippen molar-refractivity contribution in [2.45, 2.75) is 38.6 Å². The van der Waals surface area contributed by atoms with E-state index >= 15 is 0 Å². The molecule has 3 rings (SSSR count). The first kappa shape index (κ1) is 15.5. The van der Waals surface area contributed by atoms with Crippen LogP contribution in [-0.2, 0) is 0 Å². The van der Waals surface area contributed by atoms with Crippen LogP contribution in [0.4, 0.5) is 15.9 Å². The van der Waals surface area contributed by atoms with Gasteiger partial charge in [-0.25, -0.2) is 4.79 Å². The third kappa shape index (κ3) is 3.86. The molecule has 0 spiro atoms. The maximum atomic E-state index is 11.9. The average molecular weight is 324 g/mol. The molecular formula is C14H24N6OS. The fraction of sp³-hybridized carbons (Fsp3) is 0.786. The van der Waals surface area contributed by atoms with E-state index in [4.69, 9.17) is 0 Å². The first-order valence-electron chi connectivity index (χ1n) is 8.13. The molecule has 2 N–H and O–H groups in total. The molecule has 122 valence electrons. The predicted molar refractivity (Wildman–Crippen MR) is 88.6 cm³/mol. The number of piperazine rings is 1. The minimum absolute atomic E-state index is 0.188. The molecule has 1 saturated heterocycles. The summed E-state index contributed by atoms with van der Waals surface area (Å²) in [6, 6.07) is 0.118. The van der Waals surface area contributed by atoms with E-state index in [-0.39, 0.29) is 6.03 Å². The van der Waals surface area contributed by atoms with Gasteiger partial charge in [0.25, 0.3) is 0 Å². The van der Waals surface area contributed by atoms with Crippen LogP contribution in [0.15, 0.2) is 0 Å². The van der Waals surface area contributed by atoms with Gasteiger partial charge in [0.2, 0.25) is 11.1 Å². The second-order valence-electron chi connectivity index (χ2n) is 5.90. The monoisotopic (exact) mass is 324 g/mol. The lowest BCUT2D eigenvalue weighted by Crippen LogP contribution is -2.46. The van der Waals surface area contributed by atoms with Gasteiger partial charge in [0.1, 0.15) is 0 Å². The zero-order chi connectivity index (χ0) is 15.4. The van der Waals surface area contributed by atoms with E-state index in [0.29, 0.717) is 12.0 Å². The number of likely N-dealkylation sites (N-methyl/N-ethyl adjacent to an activating group) is 1. The highest BCUT2D eigenvalue weighted by molar-refractivity contribution is 7.09. The zero-order valence-electron chi connectivity index (χ0n) is 13.0. The summed E-state index contributed by atoms with van der Waals surface area (Å²) in [5.74, 6) is 0.411. The summed E-state index contributed by atoms with van der Waals surface area (Å²) < 4.78 is 4.25. The van der Waals surface area contributed by atoms with Gasteiger partial charge in [-0.1, -0.05) is 19.8 Å².